The number of benzene rings is 1. The van der Waals surface area contributed by atoms with E-state index in [4.69, 9.17) is 10.00 Å². The van der Waals surface area contributed by atoms with Gasteiger partial charge in [-0.25, -0.2) is 4.39 Å². The quantitative estimate of drug-likeness (QED) is 0.870. The van der Waals surface area contributed by atoms with Crippen molar-refractivity contribution < 1.29 is 9.13 Å². The highest BCUT2D eigenvalue weighted by Crippen LogP contribution is 2.20. The van der Waals surface area contributed by atoms with E-state index in [-0.39, 0.29) is 11.9 Å². The van der Waals surface area contributed by atoms with Gasteiger partial charge in [0.15, 0.2) is 0 Å². The van der Waals surface area contributed by atoms with Crippen LogP contribution in [-0.4, -0.2) is 29.1 Å². The van der Waals surface area contributed by atoms with E-state index in [9.17, 15) is 4.39 Å². The Morgan fingerprint density at radius 2 is 2.14 bits per heavy atom. The molecule has 1 fully saturated rings. The molecular weight excluding hydrogens is 281 g/mol. The summed E-state index contributed by atoms with van der Waals surface area (Å²) in [5.41, 5.74) is 1.26. The summed E-state index contributed by atoms with van der Waals surface area (Å²) in [7, 11) is 0. The standard InChI is InChI=1S/C17H16FN3O/c18-15-2-1-13(14(9-15)10-19)11-21-8-5-17(12-21)22-16-3-6-20-7-4-16/h1-4,6-7,9,17H,5,8,11-12H2/t17-/m0/s1. The molecule has 0 amide bonds. The van der Waals surface area contributed by atoms with Gasteiger partial charge in [-0.15, -0.1) is 0 Å². The third-order valence-corrected chi connectivity index (χ3v) is 3.77. The zero-order chi connectivity index (χ0) is 15.4. The number of nitrogens with zero attached hydrogens (tertiary/aromatic N) is 3. The van der Waals surface area contributed by atoms with Gasteiger partial charge >= 0.3 is 0 Å². The molecule has 112 valence electrons. The molecule has 0 radical (unpaired) electrons. The molecule has 0 spiro atoms. The predicted octanol–water partition coefficient (Wildman–Crippen LogP) is 2.75. The largest absolute Gasteiger partial charge is 0.489 e. The lowest BCUT2D eigenvalue weighted by Crippen LogP contribution is -2.24. The summed E-state index contributed by atoms with van der Waals surface area (Å²) in [6.45, 7) is 2.34. The molecule has 22 heavy (non-hydrogen) atoms. The maximum atomic E-state index is 13.2. The Morgan fingerprint density at radius 3 is 2.91 bits per heavy atom. The lowest BCUT2D eigenvalue weighted by Gasteiger charge is -2.17. The number of halogens is 1. The molecule has 1 aliphatic rings. The highest BCUT2D eigenvalue weighted by atomic mass is 19.1. The summed E-state index contributed by atoms with van der Waals surface area (Å²) < 4.78 is 19.1. The first-order chi connectivity index (χ1) is 10.7. The third-order valence-electron chi connectivity index (χ3n) is 3.77. The van der Waals surface area contributed by atoms with Crippen molar-refractivity contribution in [2.45, 2.75) is 19.1 Å². The molecule has 0 saturated carbocycles. The number of hydrogen-bond donors (Lipinski definition) is 0. The number of likely N-dealkylation sites (tertiary alicyclic amines) is 1. The molecule has 0 aliphatic carbocycles. The molecular formula is C17H16FN3O. The summed E-state index contributed by atoms with van der Waals surface area (Å²) in [5, 5.41) is 9.10. The van der Waals surface area contributed by atoms with Crippen molar-refractivity contribution >= 4 is 0 Å². The number of hydrogen-bond acceptors (Lipinski definition) is 4. The van der Waals surface area contributed by atoms with E-state index in [0.717, 1.165) is 30.8 Å². The Morgan fingerprint density at radius 1 is 1.32 bits per heavy atom. The average Bonchev–Trinajstić information content (AvgIpc) is 2.97. The zero-order valence-electron chi connectivity index (χ0n) is 12.1. The molecule has 1 aliphatic heterocycles. The molecule has 1 atom stereocenters. The number of nitriles is 1. The monoisotopic (exact) mass is 297 g/mol. The van der Waals surface area contributed by atoms with Crippen molar-refractivity contribution in [1.29, 1.82) is 5.26 Å². The Kier molecular flexibility index (Phi) is 4.31. The summed E-state index contributed by atoms with van der Waals surface area (Å²) in [6, 6.07) is 10.1. The maximum absolute atomic E-state index is 13.2. The van der Waals surface area contributed by atoms with Crippen LogP contribution in [0.3, 0.4) is 0 Å². The minimum absolute atomic E-state index is 0.133. The van der Waals surface area contributed by atoms with Crippen LogP contribution in [-0.2, 0) is 6.54 Å². The van der Waals surface area contributed by atoms with E-state index < -0.39 is 0 Å². The van der Waals surface area contributed by atoms with Gasteiger partial charge in [0.25, 0.3) is 0 Å². The van der Waals surface area contributed by atoms with Crippen molar-refractivity contribution in [2.24, 2.45) is 0 Å². The first-order valence-corrected chi connectivity index (χ1v) is 7.22. The van der Waals surface area contributed by atoms with Gasteiger partial charge in [-0.2, -0.15) is 5.26 Å². The van der Waals surface area contributed by atoms with Crippen molar-refractivity contribution in [1.82, 2.24) is 9.88 Å². The van der Waals surface area contributed by atoms with Crippen LogP contribution in [0.4, 0.5) is 4.39 Å². The molecule has 0 unspecified atom stereocenters. The average molecular weight is 297 g/mol. The van der Waals surface area contributed by atoms with Crippen LogP contribution in [0.1, 0.15) is 17.5 Å². The molecule has 3 rings (SSSR count). The third kappa shape index (κ3) is 3.41. The molecule has 1 aromatic heterocycles. The summed E-state index contributed by atoms with van der Waals surface area (Å²) >= 11 is 0. The van der Waals surface area contributed by atoms with Crippen LogP contribution in [0.5, 0.6) is 5.75 Å². The molecule has 1 aromatic carbocycles. The SMILES string of the molecule is N#Cc1cc(F)ccc1CN1CC[C@H](Oc2ccncc2)C1. The molecule has 1 saturated heterocycles. The fourth-order valence-corrected chi connectivity index (χ4v) is 2.68. The summed E-state index contributed by atoms with van der Waals surface area (Å²) in [4.78, 5) is 6.19. The first kappa shape index (κ1) is 14.5. The summed E-state index contributed by atoms with van der Waals surface area (Å²) in [6.07, 6.45) is 4.48. The van der Waals surface area contributed by atoms with Gasteiger partial charge in [0.1, 0.15) is 17.7 Å². The summed E-state index contributed by atoms with van der Waals surface area (Å²) in [5.74, 6) is 0.446. The smallest absolute Gasteiger partial charge is 0.124 e. The Bertz CT molecular complexity index is 684. The molecule has 2 aromatic rings. The second-order valence-corrected chi connectivity index (χ2v) is 5.36. The van der Waals surface area contributed by atoms with Gasteiger partial charge in [0.2, 0.25) is 0 Å². The van der Waals surface area contributed by atoms with Gasteiger partial charge in [0, 0.05) is 32.0 Å². The van der Waals surface area contributed by atoms with Crippen LogP contribution in [0.25, 0.3) is 0 Å². The highest BCUT2D eigenvalue weighted by Gasteiger charge is 2.24. The molecule has 4 nitrogen and oxygen atoms in total. The van der Waals surface area contributed by atoms with E-state index in [1.165, 1.54) is 12.1 Å². The fourth-order valence-electron chi connectivity index (χ4n) is 2.68. The Labute approximate surface area is 128 Å². The lowest BCUT2D eigenvalue weighted by molar-refractivity contribution is 0.198. The van der Waals surface area contributed by atoms with Gasteiger partial charge in [-0.1, -0.05) is 6.07 Å². The van der Waals surface area contributed by atoms with E-state index in [2.05, 4.69) is 16.0 Å². The Hall–Kier alpha value is -2.45. The topological polar surface area (TPSA) is 49.2 Å². The van der Waals surface area contributed by atoms with Crippen LogP contribution in [0, 0.1) is 17.1 Å². The van der Waals surface area contributed by atoms with Crippen LogP contribution < -0.4 is 4.74 Å². The van der Waals surface area contributed by atoms with Gasteiger partial charge in [0.05, 0.1) is 11.6 Å². The minimum Gasteiger partial charge on any atom is -0.489 e. The van der Waals surface area contributed by atoms with Crippen molar-refractivity contribution in [3.63, 3.8) is 0 Å². The Balaban J connectivity index is 1.61. The maximum Gasteiger partial charge on any atom is 0.124 e. The minimum atomic E-state index is -0.374. The molecule has 2 heterocycles. The van der Waals surface area contributed by atoms with Crippen molar-refractivity contribution in [3.05, 3.63) is 59.7 Å². The van der Waals surface area contributed by atoms with Crippen LogP contribution in [0.15, 0.2) is 42.7 Å². The molecule has 0 N–H and O–H groups in total. The van der Waals surface area contributed by atoms with E-state index >= 15 is 0 Å². The number of rotatable bonds is 4. The number of pyridine rings is 1. The predicted molar refractivity (Wildman–Crippen MR) is 79.7 cm³/mol. The second kappa shape index (κ2) is 6.54. The van der Waals surface area contributed by atoms with Crippen LogP contribution >= 0.6 is 0 Å². The normalized spacial score (nSPS) is 18.1. The second-order valence-electron chi connectivity index (χ2n) is 5.36. The highest BCUT2D eigenvalue weighted by molar-refractivity contribution is 5.37. The van der Waals surface area contributed by atoms with Crippen molar-refractivity contribution in [3.8, 4) is 11.8 Å². The number of ether oxygens (including phenoxy) is 1. The lowest BCUT2D eigenvalue weighted by atomic mass is 10.1. The van der Waals surface area contributed by atoms with E-state index in [0.29, 0.717) is 12.1 Å². The zero-order valence-corrected chi connectivity index (χ0v) is 12.1. The van der Waals surface area contributed by atoms with Gasteiger partial charge < -0.3 is 4.74 Å². The molecule has 5 heteroatoms. The molecule has 0 bridgehead atoms. The first-order valence-electron chi connectivity index (χ1n) is 7.22. The fraction of sp³-hybridized carbons (Fsp3) is 0.294. The number of aromatic nitrogens is 1. The van der Waals surface area contributed by atoms with Gasteiger partial charge in [-0.05, 0) is 36.2 Å². The van der Waals surface area contributed by atoms with E-state index in [1.807, 2.05) is 12.1 Å². The van der Waals surface area contributed by atoms with Gasteiger partial charge in [-0.3, -0.25) is 9.88 Å². The van der Waals surface area contributed by atoms with E-state index in [1.54, 1.807) is 18.5 Å². The van der Waals surface area contributed by atoms with Crippen LogP contribution in [0.2, 0.25) is 0 Å². The van der Waals surface area contributed by atoms with Crippen molar-refractivity contribution in [2.75, 3.05) is 13.1 Å².